The van der Waals surface area contributed by atoms with Crippen molar-refractivity contribution in [3.05, 3.63) is 22.3 Å². The highest BCUT2D eigenvalue weighted by atomic mass is 79.9. The Balaban J connectivity index is 2.46. The maximum absolute atomic E-state index is 10.7. The number of rotatable bonds is 7. The average Bonchev–Trinajstić information content (AvgIpc) is 2.30. The normalized spacial score (nSPS) is 10.2. The molecular weight excluding hydrogens is 290 g/mol. The van der Waals surface area contributed by atoms with Gasteiger partial charge in [-0.2, -0.15) is 0 Å². The fraction of sp³-hybridized carbons (Fsp3) is 0.455. The molecular formula is C11H14BrNO4. The molecule has 0 aliphatic heterocycles. The minimum absolute atomic E-state index is 0.115. The molecule has 0 aliphatic carbocycles. The van der Waals surface area contributed by atoms with Crippen molar-refractivity contribution in [3.8, 4) is 5.88 Å². The minimum Gasteiger partial charge on any atom is -0.478 e. The second kappa shape index (κ2) is 7.24. The summed E-state index contributed by atoms with van der Waals surface area (Å²) in [7, 11) is 0. The summed E-state index contributed by atoms with van der Waals surface area (Å²) in [6.07, 6.45) is 3.74. The molecule has 0 saturated carbocycles. The first-order chi connectivity index (χ1) is 8.15. The van der Waals surface area contributed by atoms with E-state index >= 15 is 0 Å². The van der Waals surface area contributed by atoms with Gasteiger partial charge in [0.15, 0.2) is 0 Å². The molecule has 6 heteroatoms. The molecule has 0 radical (unpaired) electrons. The van der Waals surface area contributed by atoms with E-state index in [1.807, 2.05) is 0 Å². The second-order valence-electron chi connectivity index (χ2n) is 3.45. The van der Waals surface area contributed by atoms with Crippen molar-refractivity contribution in [2.24, 2.45) is 0 Å². The molecule has 2 N–H and O–H groups in total. The van der Waals surface area contributed by atoms with Crippen LogP contribution in [0.3, 0.4) is 0 Å². The molecule has 1 heterocycles. The lowest BCUT2D eigenvalue weighted by Crippen LogP contribution is -2.03. The Bertz CT molecular complexity index is 384. The molecule has 1 rings (SSSR count). The number of carboxylic acids is 1. The zero-order valence-electron chi connectivity index (χ0n) is 9.23. The number of aromatic carboxylic acids is 1. The molecule has 0 spiro atoms. The summed E-state index contributed by atoms with van der Waals surface area (Å²) in [5, 5.41) is 17.3. The highest BCUT2D eigenvalue weighted by Gasteiger charge is 2.08. The van der Waals surface area contributed by atoms with Crippen molar-refractivity contribution < 1.29 is 19.7 Å². The molecule has 17 heavy (non-hydrogen) atoms. The standard InChI is InChI=1S/C11H14BrNO4/c12-9-6-8(11(15)16)7-13-10(9)17-5-3-1-2-4-14/h6-7,14H,1-5H2,(H,15,16). The van der Waals surface area contributed by atoms with Gasteiger partial charge in [-0.05, 0) is 41.3 Å². The van der Waals surface area contributed by atoms with Crippen LogP contribution in [0.15, 0.2) is 16.7 Å². The SMILES string of the molecule is O=C(O)c1cnc(OCCCCCO)c(Br)c1. The van der Waals surface area contributed by atoms with Gasteiger partial charge in [-0.25, -0.2) is 9.78 Å². The van der Waals surface area contributed by atoms with E-state index in [1.165, 1.54) is 12.3 Å². The molecule has 0 amide bonds. The number of aliphatic hydroxyl groups excluding tert-OH is 1. The van der Waals surface area contributed by atoms with Crippen LogP contribution < -0.4 is 4.74 Å². The van der Waals surface area contributed by atoms with Gasteiger partial charge >= 0.3 is 5.97 Å². The van der Waals surface area contributed by atoms with E-state index < -0.39 is 5.97 Å². The monoisotopic (exact) mass is 303 g/mol. The fourth-order valence-corrected chi connectivity index (χ4v) is 1.67. The Hall–Kier alpha value is -1.14. The second-order valence-corrected chi connectivity index (χ2v) is 4.30. The molecule has 0 saturated heterocycles. The number of hydrogen-bond donors (Lipinski definition) is 2. The Labute approximate surface area is 108 Å². The van der Waals surface area contributed by atoms with E-state index in [9.17, 15) is 4.79 Å². The Morgan fingerprint density at radius 2 is 2.18 bits per heavy atom. The number of unbranched alkanes of at least 4 members (excludes halogenated alkanes) is 2. The summed E-state index contributed by atoms with van der Waals surface area (Å²) < 4.78 is 5.91. The van der Waals surface area contributed by atoms with Crippen molar-refractivity contribution in [1.29, 1.82) is 0 Å². The summed E-state index contributed by atoms with van der Waals surface area (Å²) >= 11 is 3.21. The number of aliphatic hydroxyl groups is 1. The Morgan fingerprint density at radius 1 is 1.41 bits per heavy atom. The lowest BCUT2D eigenvalue weighted by Gasteiger charge is -2.07. The van der Waals surface area contributed by atoms with Crippen LogP contribution in [0, 0.1) is 0 Å². The molecule has 0 bridgehead atoms. The van der Waals surface area contributed by atoms with Crippen molar-refractivity contribution in [3.63, 3.8) is 0 Å². The van der Waals surface area contributed by atoms with Gasteiger partial charge in [-0.3, -0.25) is 0 Å². The predicted octanol–water partition coefficient (Wildman–Crippen LogP) is 2.08. The fourth-order valence-electron chi connectivity index (χ4n) is 1.21. The number of aromatic nitrogens is 1. The topological polar surface area (TPSA) is 79.7 Å². The van der Waals surface area contributed by atoms with Crippen LogP contribution in [-0.2, 0) is 0 Å². The van der Waals surface area contributed by atoms with Crippen LogP contribution in [-0.4, -0.2) is 34.4 Å². The van der Waals surface area contributed by atoms with Crippen LogP contribution >= 0.6 is 15.9 Å². The largest absolute Gasteiger partial charge is 0.478 e. The number of carboxylic acid groups (broad SMARTS) is 1. The first-order valence-electron chi connectivity index (χ1n) is 5.27. The predicted molar refractivity (Wildman–Crippen MR) is 65.3 cm³/mol. The van der Waals surface area contributed by atoms with Crippen LogP contribution in [0.5, 0.6) is 5.88 Å². The number of halogens is 1. The lowest BCUT2D eigenvalue weighted by molar-refractivity contribution is 0.0696. The molecule has 0 aliphatic rings. The van der Waals surface area contributed by atoms with Gasteiger partial charge in [0.25, 0.3) is 0 Å². The number of pyridine rings is 1. The quantitative estimate of drug-likeness (QED) is 0.754. The smallest absolute Gasteiger partial charge is 0.337 e. The van der Waals surface area contributed by atoms with Crippen molar-refractivity contribution in [2.45, 2.75) is 19.3 Å². The van der Waals surface area contributed by atoms with E-state index in [0.717, 1.165) is 19.3 Å². The van der Waals surface area contributed by atoms with E-state index in [0.29, 0.717) is 17.0 Å². The Morgan fingerprint density at radius 3 is 2.76 bits per heavy atom. The van der Waals surface area contributed by atoms with E-state index in [1.54, 1.807) is 0 Å². The molecule has 5 nitrogen and oxygen atoms in total. The molecule has 1 aromatic heterocycles. The Kier molecular flexibility index (Phi) is 5.93. The zero-order chi connectivity index (χ0) is 12.7. The molecule has 0 fully saturated rings. The first-order valence-corrected chi connectivity index (χ1v) is 6.07. The molecule has 0 aromatic carbocycles. The zero-order valence-corrected chi connectivity index (χ0v) is 10.8. The van der Waals surface area contributed by atoms with Gasteiger partial charge in [0.2, 0.25) is 5.88 Å². The third-order valence-corrected chi connectivity index (χ3v) is 2.66. The summed E-state index contributed by atoms with van der Waals surface area (Å²) in [5.74, 6) is -0.633. The van der Waals surface area contributed by atoms with Gasteiger partial charge < -0.3 is 14.9 Å². The van der Waals surface area contributed by atoms with Crippen LogP contribution in [0.25, 0.3) is 0 Å². The van der Waals surface area contributed by atoms with Crippen molar-refractivity contribution in [1.82, 2.24) is 4.98 Å². The van der Waals surface area contributed by atoms with Crippen LogP contribution in [0.1, 0.15) is 29.6 Å². The van der Waals surface area contributed by atoms with Crippen LogP contribution in [0.4, 0.5) is 0 Å². The van der Waals surface area contributed by atoms with E-state index in [-0.39, 0.29) is 12.2 Å². The van der Waals surface area contributed by atoms with Gasteiger partial charge in [-0.15, -0.1) is 0 Å². The summed E-state index contributed by atoms with van der Waals surface area (Å²) in [4.78, 5) is 14.6. The third kappa shape index (κ3) is 4.70. The van der Waals surface area contributed by atoms with E-state index in [2.05, 4.69) is 20.9 Å². The van der Waals surface area contributed by atoms with Gasteiger partial charge in [0.05, 0.1) is 16.6 Å². The average molecular weight is 304 g/mol. The maximum Gasteiger partial charge on any atom is 0.337 e. The van der Waals surface area contributed by atoms with Gasteiger partial charge in [0.1, 0.15) is 0 Å². The first kappa shape index (κ1) is 13.9. The van der Waals surface area contributed by atoms with Crippen molar-refractivity contribution in [2.75, 3.05) is 13.2 Å². The lowest BCUT2D eigenvalue weighted by atomic mass is 10.2. The van der Waals surface area contributed by atoms with Crippen molar-refractivity contribution >= 4 is 21.9 Å². The molecule has 0 unspecified atom stereocenters. The number of carbonyl (C=O) groups is 1. The number of ether oxygens (including phenoxy) is 1. The summed E-state index contributed by atoms with van der Waals surface area (Å²) in [5.41, 5.74) is 0.115. The summed E-state index contributed by atoms with van der Waals surface area (Å²) in [6, 6.07) is 1.46. The van der Waals surface area contributed by atoms with Crippen LogP contribution in [0.2, 0.25) is 0 Å². The minimum atomic E-state index is -1.02. The number of hydrogen-bond acceptors (Lipinski definition) is 4. The summed E-state index contributed by atoms with van der Waals surface area (Å²) in [6.45, 7) is 0.688. The van der Waals surface area contributed by atoms with Gasteiger partial charge in [-0.1, -0.05) is 0 Å². The molecule has 0 atom stereocenters. The highest BCUT2D eigenvalue weighted by molar-refractivity contribution is 9.10. The molecule has 1 aromatic rings. The van der Waals surface area contributed by atoms with Gasteiger partial charge in [0, 0.05) is 12.8 Å². The molecule has 94 valence electrons. The van der Waals surface area contributed by atoms with E-state index in [4.69, 9.17) is 14.9 Å². The highest BCUT2D eigenvalue weighted by Crippen LogP contribution is 2.23. The maximum atomic E-state index is 10.7. The number of nitrogens with zero attached hydrogens (tertiary/aromatic N) is 1. The third-order valence-electron chi connectivity index (χ3n) is 2.10.